The third-order valence-corrected chi connectivity index (χ3v) is 3.98. The summed E-state index contributed by atoms with van der Waals surface area (Å²) in [4.78, 5) is 13.4. The Morgan fingerprint density at radius 2 is 2.12 bits per heavy atom. The molecule has 0 aromatic heterocycles. The third-order valence-electron chi connectivity index (χ3n) is 3.98. The van der Waals surface area contributed by atoms with E-state index in [4.69, 9.17) is 19.8 Å². The molecule has 128 valence electrons. The molecule has 1 aliphatic heterocycles. The molecule has 0 amide bonds. The quantitative estimate of drug-likeness (QED) is 0.611. The molecule has 1 aliphatic rings. The van der Waals surface area contributed by atoms with Crippen molar-refractivity contribution >= 4 is 12.0 Å². The van der Waals surface area contributed by atoms with Crippen LogP contribution < -0.4 is 9.47 Å². The van der Waals surface area contributed by atoms with E-state index in [9.17, 15) is 4.79 Å². The van der Waals surface area contributed by atoms with Crippen LogP contribution in [0.2, 0.25) is 0 Å². The van der Waals surface area contributed by atoms with Crippen molar-refractivity contribution in [3.63, 3.8) is 0 Å². The van der Waals surface area contributed by atoms with E-state index in [2.05, 4.69) is 4.90 Å². The summed E-state index contributed by atoms with van der Waals surface area (Å²) in [6, 6.07) is 6.87. The average Bonchev–Trinajstić information content (AvgIpc) is 2.61. The number of carboxylic acid groups (broad SMARTS) is 1. The number of hydrogen-bond donors (Lipinski definition) is 1. The molecule has 0 bridgehead atoms. The SMILES string of the molecule is COc1cccc(C=C(C#N)C(=O)O)c1OCCN1CCCCC1. The summed E-state index contributed by atoms with van der Waals surface area (Å²) in [6.07, 6.45) is 5.02. The predicted molar refractivity (Wildman–Crippen MR) is 90.0 cm³/mol. The lowest BCUT2D eigenvalue weighted by Crippen LogP contribution is -2.33. The van der Waals surface area contributed by atoms with E-state index in [-0.39, 0.29) is 5.57 Å². The van der Waals surface area contributed by atoms with E-state index < -0.39 is 5.97 Å². The lowest BCUT2D eigenvalue weighted by atomic mass is 10.1. The van der Waals surface area contributed by atoms with Crippen molar-refractivity contribution in [2.45, 2.75) is 19.3 Å². The fourth-order valence-electron chi connectivity index (χ4n) is 2.72. The normalized spacial score (nSPS) is 15.6. The molecule has 24 heavy (non-hydrogen) atoms. The van der Waals surface area contributed by atoms with Crippen molar-refractivity contribution in [1.29, 1.82) is 5.26 Å². The van der Waals surface area contributed by atoms with Crippen molar-refractivity contribution < 1.29 is 19.4 Å². The molecule has 1 fully saturated rings. The molecule has 1 N–H and O–H groups in total. The third kappa shape index (κ3) is 4.74. The topological polar surface area (TPSA) is 82.8 Å². The maximum Gasteiger partial charge on any atom is 0.346 e. The number of piperidine rings is 1. The Balaban J connectivity index is 2.14. The van der Waals surface area contributed by atoms with Crippen LogP contribution in [0, 0.1) is 11.3 Å². The first kappa shape index (κ1) is 17.8. The van der Waals surface area contributed by atoms with E-state index in [1.165, 1.54) is 32.4 Å². The van der Waals surface area contributed by atoms with Crippen LogP contribution >= 0.6 is 0 Å². The Morgan fingerprint density at radius 1 is 1.38 bits per heavy atom. The van der Waals surface area contributed by atoms with Crippen molar-refractivity contribution in [2.75, 3.05) is 33.4 Å². The second-order valence-corrected chi connectivity index (χ2v) is 5.60. The van der Waals surface area contributed by atoms with Crippen LogP contribution in [-0.4, -0.2) is 49.3 Å². The number of nitriles is 1. The van der Waals surface area contributed by atoms with E-state index in [1.807, 2.05) is 0 Å². The number of benzene rings is 1. The number of hydrogen-bond acceptors (Lipinski definition) is 5. The average molecular weight is 330 g/mol. The van der Waals surface area contributed by atoms with Crippen LogP contribution in [-0.2, 0) is 4.79 Å². The van der Waals surface area contributed by atoms with Crippen molar-refractivity contribution in [1.82, 2.24) is 4.90 Å². The smallest absolute Gasteiger partial charge is 0.346 e. The Kier molecular flexibility index (Phi) is 6.64. The number of methoxy groups -OCH3 is 1. The summed E-state index contributed by atoms with van der Waals surface area (Å²) < 4.78 is 11.2. The number of para-hydroxylation sites is 1. The van der Waals surface area contributed by atoms with Gasteiger partial charge in [-0.05, 0) is 38.1 Å². The Morgan fingerprint density at radius 3 is 2.75 bits per heavy atom. The van der Waals surface area contributed by atoms with Crippen LogP contribution in [0.25, 0.3) is 6.08 Å². The van der Waals surface area contributed by atoms with Gasteiger partial charge in [0.15, 0.2) is 11.5 Å². The minimum Gasteiger partial charge on any atom is -0.493 e. The number of rotatable bonds is 7. The van der Waals surface area contributed by atoms with Crippen molar-refractivity contribution in [2.24, 2.45) is 0 Å². The number of carbonyl (C=O) groups is 1. The van der Waals surface area contributed by atoms with Gasteiger partial charge in [-0.25, -0.2) is 4.79 Å². The Bertz CT molecular complexity index is 643. The van der Waals surface area contributed by atoms with E-state index in [1.54, 1.807) is 24.3 Å². The molecule has 6 nitrogen and oxygen atoms in total. The Hall–Kier alpha value is -2.52. The van der Waals surface area contributed by atoms with Gasteiger partial charge in [-0.3, -0.25) is 4.90 Å². The van der Waals surface area contributed by atoms with Crippen LogP contribution in [0.1, 0.15) is 24.8 Å². The van der Waals surface area contributed by atoms with Gasteiger partial charge in [-0.1, -0.05) is 18.6 Å². The lowest BCUT2D eigenvalue weighted by molar-refractivity contribution is -0.132. The van der Waals surface area contributed by atoms with Gasteiger partial charge >= 0.3 is 5.97 Å². The second-order valence-electron chi connectivity index (χ2n) is 5.60. The zero-order valence-electron chi connectivity index (χ0n) is 13.8. The van der Waals surface area contributed by atoms with Gasteiger partial charge < -0.3 is 14.6 Å². The number of nitrogens with zero attached hydrogens (tertiary/aromatic N) is 2. The predicted octanol–water partition coefficient (Wildman–Crippen LogP) is 2.55. The standard InChI is InChI=1S/C18H22N2O4/c1-23-16-7-5-6-14(12-15(13-19)18(21)22)17(16)24-11-10-20-8-3-2-4-9-20/h5-7,12H,2-4,8-11H2,1H3,(H,21,22). The highest BCUT2D eigenvalue weighted by Crippen LogP contribution is 2.32. The highest BCUT2D eigenvalue weighted by Gasteiger charge is 2.14. The first-order chi connectivity index (χ1) is 11.7. The molecule has 0 aliphatic carbocycles. The molecule has 0 unspecified atom stereocenters. The first-order valence-electron chi connectivity index (χ1n) is 8.03. The molecule has 0 spiro atoms. The molecule has 1 saturated heterocycles. The first-order valence-corrected chi connectivity index (χ1v) is 8.03. The summed E-state index contributed by atoms with van der Waals surface area (Å²) in [6.45, 7) is 3.46. The number of likely N-dealkylation sites (tertiary alicyclic amines) is 1. The molecular weight excluding hydrogens is 308 g/mol. The molecule has 1 aromatic rings. The number of ether oxygens (including phenoxy) is 2. The minimum atomic E-state index is -1.26. The molecule has 0 radical (unpaired) electrons. The molecular formula is C18H22N2O4. The highest BCUT2D eigenvalue weighted by atomic mass is 16.5. The van der Waals surface area contributed by atoms with Crippen molar-refractivity contribution in [3.8, 4) is 17.6 Å². The van der Waals surface area contributed by atoms with Crippen molar-refractivity contribution in [3.05, 3.63) is 29.3 Å². The van der Waals surface area contributed by atoms with Gasteiger partial charge in [-0.2, -0.15) is 5.26 Å². The Labute approximate surface area is 141 Å². The van der Waals surface area contributed by atoms with E-state index in [0.29, 0.717) is 23.7 Å². The zero-order chi connectivity index (χ0) is 17.4. The molecule has 2 rings (SSSR count). The van der Waals surface area contributed by atoms with Gasteiger partial charge in [0.2, 0.25) is 0 Å². The highest BCUT2D eigenvalue weighted by molar-refractivity contribution is 5.97. The van der Waals surface area contributed by atoms with Gasteiger partial charge in [-0.15, -0.1) is 0 Å². The maximum absolute atomic E-state index is 11.1. The van der Waals surface area contributed by atoms with Gasteiger partial charge in [0, 0.05) is 12.1 Å². The second kappa shape index (κ2) is 8.94. The van der Waals surface area contributed by atoms with Crippen LogP contribution in [0.5, 0.6) is 11.5 Å². The largest absolute Gasteiger partial charge is 0.493 e. The van der Waals surface area contributed by atoms with Crippen LogP contribution in [0.3, 0.4) is 0 Å². The molecule has 1 aromatic carbocycles. The molecule has 0 atom stereocenters. The van der Waals surface area contributed by atoms with Gasteiger partial charge in [0.05, 0.1) is 7.11 Å². The summed E-state index contributed by atoms with van der Waals surface area (Å²) in [5.74, 6) is -0.282. The maximum atomic E-state index is 11.1. The summed E-state index contributed by atoms with van der Waals surface area (Å²) in [5, 5.41) is 18.0. The summed E-state index contributed by atoms with van der Waals surface area (Å²) >= 11 is 0. The van der Waals surface area contributed by atoms with E-state index in [0.717, 1.165) is 19.6 Å². The fourth-order valence-corrected chi connectivity index (χ4v) is 2.72. The summed E-state index contributed by atoms with van der Waals surface area (Å²) in [7, 11) is 1.53. The summed E-state index contributed by atoms with van der Waals surface area (Å²) in [5.41, 5.74) is 0.177. The molecule has 0 saturated carbocycles. The fraction of sp³-hybridized carbons (Fsp3) is 0.444. The van der Waals surface area contributed by atoms with Crippen LogP contribution in [0.15, 0.2) is 23.8 Å². The van der Waals surface area contributed by atoms with E-state index >= 15 is 0 Å². The molecule has 6 heteroatoms. The van der Waals surface area contributed by atoms with Gasteiger partial charge in [0.1, 0.15) is 18.2 Å². The zero-order valence-corrected chi connectivity index (χ0v) is 13.8. The lowest BCUT2D eigenvalue weighted by Gasteiger charge is -2.26. The molecule has 1 heterocycles. The monoisotopic (exact) mass is 330 g/mol. The number of aliphatic carboxylic acids is 1. The minimum absolute atomic E-state index is 0.343. The number of carboxylic acids is 1. The van der Waals surface area contributed by atoms with Gasteiger partial charge in [0.25, 0.3) is 0 Å². The van der Waals surface area contributed by atoms with Crippen LogP contribution in [0.4, 0.5) is 0 Å².